The highest BCUT2D eigenvalue weighted by atomic mass is 32.1. The molecule has 1 amide bonds. The van der Waals surface area contributed by atoms with Crippen LogP contribution in [-0.2, 0) is 6.54 Å². The first-order chi connectivity index (χ1) is 14.5. The van der Waals surface area contributed by atoms with E-state index in [-0.39, 0.29) is 5.91 Å². The van der Waals surface area contributed by atoms with Crippen molar-refractivity contribution in [3.63, 3.8) is 0 Å². The van der Waals surface area contributed by atoms with Crippen LogP contribution in [0.15, 0.2) is 30.3 Å². The second kappa shape index (κ2) is 9.02. The molecule has 1 aliphatic rings. The van der Waals surface area contributed by atoms with Crippen molar-refractivity contribution in [2.45, 2.75) is 13.5 Å². The lowest BCUT2D eigenvalue weighted by molar-refractivity contribution is 0.102. The van der Waals surface area contributed by atoms with Gasteiger partial charge in [0.1, 0.15) is 0 Å². The van der Waals surface area contributed by atoms with E-state index in [9.17, 15) is 4.79 Å². The number of nitrogens with zero attached hydrogens (tertiary/aromatic N) is 5. The Labute approximate surface area is 183 Å². The molecule has 0 bridgehead atoms. The molecule has 3 aromatic rings. The fourth-order valence-corrected chi connectivity index (χ4v) is 4.92. The average Bonchev–Trinajstić information content (AvgIpc) is 3.36. The third kappa shape index (κ3) is 4.74. The zero-order valence-corrected chi connectivity index (χ0v) is 18.5. The van der Waals surface area contributed by atoms with E-state index in [1.54, 1.807) is 17.4 Å². The molecule has 0 aliphatic carbocycles. The summed E-state index contributed by atoms with van der Waals surface area (Å²) in [6, 6.07) is 11.4. The summed E-state index contributed by atoms with van der Waals surface area (Å²) in [4.78, 5) is 23.8. The first-order valence-corrected chi connectivity index (χ1v) is 11.3. The van der Waals surface area contributed by atoms with E-state index >= 15 is 0 Å². The van der Waals surface area contributed by atoms with E-state index < -0.39 is 0 Å². The Bertz CT molecular complexity index is 1090. The van der Waals surface area contributed by atoms with Crippen LogP contribution in [0.5, 0.6) is 0 Å². The molecule has 1 aromatic carbocycles. The number of thiophene rings is 1. The van der Waals surface area contributed by atoms with Crippen LogP contribution in [-0.4, -0.2) is 58.3 Å². The van der Waals surface area contributed by atoms with Crippen molar-refractivity contribution >= 4 is 33.9 Å². The normalized spacial score (nSPS) is 15.1. The lowest BCUT2D eigenvalue weighted by atomic mass is 10.1. The molecule has 0 unspecified atom stereocenters. The summed E-state index contributed by atoms with van der Waals surface area (Å²) < 4.78 is 4.40. The number of anilines is 1. The van der Waals surface area contributed by atoms with Gasteiger partial charge < -0.3 is 4.90 Å². The number of nitriles is 1. The Morgan fingerprint density at radius 3 is 2.83 bits per heavy atom. The first kappa shape index (κ1) is 20.6. The number of aryl methyl sites for hydroxylation is 1. The van der Waals surface area contributed by atoms with Gasteiger partial charge in [-0.3, -0.25) is 15.0 Å². The number of benzene rings is 1. The predicted molar refractivity (Wildman–Crippen MR) is 120 cm³/mol. The zero-order chi connectivity index (χ0) is 21.1. The van der Waals surface area contributed by atoms with E-state index in [2.05, 4.69) is 37.6 Å². The van der Waals surface area contributed by atoms with Crippen molar-refractivity contribution < 1.29 is 4.79 Å². The molecule has 0 saturated carbocycles. The highest BCUT2D eigenvalue weighted by Gasteiger charge is 2.19. The molecule has 2 aromatic heterocycles. The van der Waals surface area contributed by atoms with Crippen molar-refractivity contribution in [1.82, 2.24) is 19.2 Å². The molecular weight excluding hydrogens is 416 g/mol. The van der Waals surface area contributed by atoms with Crippen LogP contribution in [0.25, 0.3) is 10.4 Å². The Kier molecular flexibility index (Phi) is 6.20. The third-order valence-electron chi connectivity index (χ3n) is 5.09. The lowest BCUT2D eigenvalue weighted by Gasteiger charge is -2.31. The number of carbonyl (C=O) groups is 1. The van der Waals surface area contributed by atoms with Gasteiger partial charge in [0, 0.05) is 47.5 Å². The van der Waals surface area contributed by atoms with E-state index in [4.69, 9.17) is 5.26 Å². The van der Waals surface area contributed by atoms with Gasteiger partial charge in [-0.05, 0) is 37.7 Å². The molecule has 7 nitrogen and oxygen atoms in total. The Morgan fingerprint density at radius 1 is 1.27 bits per heavy atom. The summed E-state index contributed by atoms with van der Waals surface area (Å²) in [5.41, 5.74) is 2.16. The van der Waals surface area contributed by atoms with Crippen LogP contribution in [0, 0.1) is 18.3 Å². The highest BCUT2D eigenvalue weighted by molar-refractivity contribution is 7.15. The maximum absolute atomic E-state index is 12.8. The van der Waals surface area contributed by atoms with Crippen LogP contribution in [0.1, 0.15) is 26.6 Å². The average molecular weight is 439 g/mol. The molecule has 1 N–H and O–H groups in total. The number of rotatable bonds is 5. The second-order valence-electron chi connectivity index (χ2n) is 7.32. The molecule has 0 spiro atoms. The Balaban J connectivity index is 1.42. The van der Waals surface area contributed by atoms with Gasteiger partial charge in [-0.1, -0.05) is 12.1 Å². The van der Waals surface area contributed by atoms with Crippen molar-refractivity contribution in [3.8, 4) is 16.5 Å². The number of carbonyl (C=O) groups excluding carboxylic acids is 1. The largest absolute Gasteiger partial charge is 0.304 e. The number of piperazine rings is 1. The van der Waals surface area contributed by atoms with E-state index in [0.717, 1.165) is 47.3 Å². The maximum atomic E-state index is 12.8. The quantitative estimate of drug-likeness (QED) is 0.657. The highest BCUT2D eigenvalue weighted by Crippen LogP contribution is 2.32. The van der Waals surface area contributed by atoms with Crippen LogP contribution in [0.2, 0.25) is 0 Å². The summed E-state index contributed by atoms with van der Waals surface area (Å²) in [7, 11) is 2.13. The van der Waals surface area contributed by atoms with Gasteiger partial charge in [-0.2, -0.15) is 9.64 Å². The van der Waals surface area contributed by atoms with Gasteiger partial charge >= 0.3 is 0 Å². The molecule has 1 aliphatic heterocycles. The number of hydrogen-bond acceptors (Lipinski definition) is 8. The minimum absolute atomic E-state index is 0.186. The Morgan fingerprint density at radius 2 is 2.07 bits per heavy atom. The summed E-state index contributed by atoms with van der Waals surface area (Å²) in [5, 5.41) is 12.5. The van der Waals surface area contributed by atoms with E-state index in [1.165, 1.54) is 11.5 Å². The van der Waals surface area contributed by atoms with Gasteiger partial charge in [0.2, 0.25) is 5.13 Å². The monoisotopic (exact) mass is 438 g/mol. The number of aromatic nitrogens is 2. The standard InChI is InChI=1S/C21H22N6OS2/c1-14-17(11-18(29-14)16-5-3-4-15(10-16)12-22)20(28)24-21-23-19(25-30-21)13-27-8-6-26(2)7-9-27/h3-5,10-11H,6-9,13H2,1-2H3,(H,23,24,25,28). The second-order valence-corrected chi connectivity index (χ2v) is 9.33. The van der Waals surface area contributed by atoms with Crippen molar-refractivity contribution in [2.75, 3.05) is 38.5 Å². The molecule has 9 heteroatoms. The molecule has 30 heavy (non-hydrogen) atoms. The fraction of sp³-hybridized carbons (Fsp3) is 0.333. The summed E-state index contributed by atoms with van der Waals surface area (Å²) in [5.74, 6) is 0.560. The smallest absolute Gasteiger partial charge is 0.258 e. The molecule has 4 rings (SSSR count). The molecule has 1 saturated heterocycles. The molecule has 0 atom stereocenters. The minimum atomic E-state index is -0.186. The van der Waals surface area contributed by atoms with Gasteiger partial charge in [-0.15, -0.1) is 11.3 Å². The first-order valence-electron chi connectivity index (χ1n) is 9.67. The number of likely N-dealkylation sites (N-methyl/N-ethyl adjacent to an activating group) is 1. The molecule has 154 valence electrons. The topological polar surface area (TPSA) is 85.1 Å². The SMILES string of the molecule is Cc1sc(-c2cccc(C#N)c2)cc1C(=O)Nc1nc(CN2CCN(C)CC2)ns1. The van der Waals surface area contributed by atoms with Crippen molar-refractivity contribution in [1.29, 1.82) is 5.26 Å². The maximum Gasteiger partial charge on any atom is 0.258 e. The third-order valence-corrected chi connectivity index (χ3v) is 6.86. The Hall–Kier alpha value is -2.64. The number of hydrogen-bond donors (Lipinski definition) is 1. The van der Waals surface area contributed by atoms with Gasteiger partial charge in [0.05, 0.1) is 23.7 Å². The minimum Gasteiger partial charge on any atom is -0.304 e. The van der Waals surface area contributed by atoms with Gasteiger partial charge in [-0.25, -0.2) is 4.98 Å². The predicted octanol–water partition coefficient (Wildman–Crippen LogP) is 3.45. The van der Waals surface area contributed by atoms with Crippen molar-refractivity contribution in [2.24, 2.45) is 0 Å². The van der Waals surface area contributed by atoms with Crippen LogP contribution < -0.4 is 5.32 Å². The molecule has 3 heterocycles. The lowest BCUT2D eigenvalue weighted by Crippen LogP contribution is -2.44. The zero-order valence-electron chi connectivity index (χ0n) is 16.9. The summed E-state index contributed by atoms with van der Waals surface area (Å²) in [6.45, 7) is 6.73. The molecule has 0 radical (unpaired) electrons. The van der Waals surface area contributed by atoms with Crippen LogP contribution in [0.3, 0.4) is 0 Å². The summed E-state index contributed by atoms with van der Waals surface area (Å²) >= 11 is 2.75. The number of nitrogens with one attached hydrogen (secondary N) is 1. The fourth-order valence-electron chi connectivity index (χ4n) is 3.33. The summed E-state index contributed by atoms with van der Waals surface area (Å²) in [6.07, 6.45) is 0. The number of amides is 1. The molecular formula is C21H22N6OS2. The van der Waals surface area contributed by atoms with E-state index in [1.807, 2.05) is 31.2 Å². The molecule has 1 fully saturated rings. The van der Waals surface area contributed by atoms with Crippen molar-refractivity contribution in [3.05, 3.63) is 52.2 Å². The van der Waals surface area contributed by atoms with E-state index in [0.29, 0.717) is 22.8 Å². The van der Waals surface area contributed by atoms with Gasteiger partial charge in [0.25, 0.3) is 5.91 Å². The van der Waals surface area contributed by atoms with Crippen LogP contribution in [0.4, 0.5) is 5.13 Å². The van der Waals surface area contributed by atoms with Crippen LogP contribution >= 0.6 is 22.9 Å². The van der Waals surface area contributed by atoms with Gasteiger partial charge in [0.15, 0.2) is 5.82 Å².